The third-order valence-electron chi connectivity index (χ3n) is 3.97. The molecule has 21 heavy (non-hydrogen) atoms. The van der Waals surface area contributed by atoms with E-state index < -0.39 is 10.0 Å². The average molecular weight is 327 g/mol. The summed E-state index contributed by atoms with van der Waals surface area (Å²) in [4.78, 5) is 0.167. The minimum atomic E-state index is -3.51. The fourth-order valence-corrected chi connectivity index (χ4v) is 4.53. The van der Waals surface area contributed by atoms with Gasteiger partial charge in [-0.1, -0.05) is 31.4 Å². The summed E-state index contributed by atoms with van der Waals surface area (Å²) >= 11 is 5.93. The van der Waals surface area contributed by atoms with Crippen LogP contribution in [-0.2, 0) is 10.0 Å². The van der Waals surface area contributed by atoms with Gasteiger partial charge in [0, 0.05) is 13.1 Å². The molecule has 2 rings (SSSR count). The molecule has 0 aromatic heterocycles. The highest BCUT2D eigenvalue weighted by atomic mass is 35.5. The van der Waals surface area contributed by atoms with Crippen molar-refractivity contribution in [2.75, 3.05) is 13.1 Å². The molecule has 0 amide bonds. The summed E-state index contributed by atoms with van der Waals surface area (Å²) in [5.74, 6) is 0.631. The van der Waals surface area contributed by atoms with Crippen molar-refractivity contribution >= 4 is 21.6 Å². The first-order valence-electron chi connectivity index (χ1n) is 7.18. The molecule has 1 aromatic carbocycles. The molecule has 0 atom stereocenters. The lowest BCUT2D eigenvalue weighted by molar-refractivity contribution is 0.262. The highest BCUT2D eigenvalue weighted by Crippen LogP contribution is 2.28. The van der Waals surface area contributed by atoms with E-state index in [0.29, 0.717) is 19.0 Å². The van der Waals surface area contributed by atoms with Crippen LogP contribution in [0.3, 0.4) is 0 Å². The minimum absolute atomic E-state index is 0.167. The minimum Gasteiger partial charge on any atom is -0.207 e. The summed E-state index contributed by atoms with van der Waals surface area (Å²) in [5, 5.41) is 9.03. The van der Waals surface area contributed by atoms with E-state index in [-0.39, 0.29) is 15.5 Å². The number of hydrogen-bond donors (Lipinski definition) is 0. The van der Waals surface area contributed by atoms with E-state index in [1.165, 1.54) is 22.5 Å². The van der Waals surface area contributed by atoms with Crippen LogP contribution in [0.5, 0.6) is 0 Å². The van der Waals surface area contributed by atoms with Gasteiger partial charge >= 0.3 is 0 Å². The van der Waals surface area contributed by atoms with Gasteiger partial charge in [0.25, 0.3) is 0 Å². The van der Waals surface area contributed by atoms with Crippen LogP contribution in [0.15, 0.2) is 23.1 Å². The maximum absolute atomic E-state index is 12.6. The van der Waals surface area contributed by atoms with E-state index in [0.717, 1.165) is 25.7 Å². The second-order valence-corrected chi connectivity index (χ2v) is 7.73. The predicted molar refractivity (Wildman–Crippen MR) is 82.6 cm³/mol. The van der Waals surface area contributed by atoms with Gasteiger partial charge in [-0.2, -0.15) is 9.57 Å². The Labute approximate surface area is 131 Å². The number of benzene rings is 1. The second kappa shape index (κ2) is 6.78. The van der Waals surface area contributed by atoms with Gasteiger partial charge in [-0.25, -0.2) is 8.42 Å². The highest BCUT2D eigenvalue weighted by molar-refractivity contribution is 7.89. The van der Waals surface area contributed by atoms with Crippen LogP contribution < -0.4 is 0 Å². The van der Waals surface area contributed by atoms with Crippen molar-refractivity contribution < 1.29 is 8.42 Å². The molecule has 1 aromatic rings. The fraction of sp³-hybridized carbons (Fsp3) is 0.533. The molecule has 0 saturated carbocycles. The molecule has 1 fully saturated rings. The first kappa shape index (κ1) is 16.3. The van der Waals surface area contributed by atoms with E-state index in [2.05, 4.69) is 6.92 Å². The molecule has 0 unspecified atom stereocenters. The number of hydrogen-bond acceptors (Lipinski definition) is 3. The standard InChI is InChI=1S/C15H19ClN2O2S/c1-2-3-12-6-8-18(9-7-12)21(19,20)14-5-4-13(11-17)15(16)10-14/h4-5,10,12H,2-3,6-9H2,1H3. The van der Waals surface area contributed by atoms with Crippen LogP contribution >= 0.6 is 11.6 Å². The second-order valence-electron chi connectivity index (χ2n) is 5.39. The van der Waals surface area contributed by atoms with Crippen molar-refractivity contribution in [1.29, 1.82) is 5.26 Å². The molecule has 0 aliphatic carbocycles. The molecular weight excluding hydrogens is 308 g/mol. The Bertz CT molecular complexity index is 644. The number of nitrogens with zero attached hydrogens (tertiary/aromatic N) is 2. The van der Waals surface area contributed by atoms with E-state index in [1.807, 2.05) is 6.07 Å². The topological polar surface area (TPSA) is 61.2 Å². The van der Waals surface area contributed by atoms with E-state index in [1.54, 1.807) is 0 Å². The molecule has 0 radical (unpaired) electrons. The monoisotopic (exact) mass is 326 g/mol. The Morgan fingerprint density at radius 2 is 2.05 bits per heavy atom. The van der Waals surface area contributed by atoms with Crippen molar-refractivity contribution in [2.24, 2.45) is 5.92 Å². The largest absolute Gasteiger partial charge is 0.243 e. The first-order chi connectivity index (χ1) is 9.98. The third kappa shape index (κ3) is 3.57. The third-order valence-corrected chi connectivity index (χ3v) is 6.18. The van der Waals surface area contributed by atoms with Gasteiger partial charge in [0.1, 0.15) is 6.07 Å². The lowest BCUT2D eigenvalue weighted by Gasteiger charge is -2.31. The Balaban J connectivity index is 2.16. The lowest BCUT2D eigenvalue weighted by Crippen LogP contribution is -2.38. The zero-order valence-electron chi connectivity index (χ0n) is 12.0. The Morgan fingerprint density at radius 3 is 2.57 bits per heavy atom. The van der Waals surface area contributed by atoms with Crippen molar-refractivity contribution in [3.05, 3.63) is 28.8 Å². The van der Waals surface area contributed by atoms with Crippen molar-refractivity contribution in [1.82, 2.24) is 4.31 Å². The van der Waals surface area contributed by atoms with Crippen LogP contribution in [0.4, 0.5) is 0 Å². The average Bonchev–Trinajstić information content (AvgIpc) is 2.48. The Morgan fingerprint density at radius 1 is 1.38 bits per heavy atom. The SMILES string of the molecule is CCCC1CCN(S(=O)(=O)c2ccc(C#N)c(Cl)c2)CC1. The van der Waals surface area contributed by atoms with Crippen molar-refractivity contribution in [2.45, 2.75) is 37.5 Å². The lowest BCUT2D eigenvalue weighted by atomic mass is 9.94. The van der Waals surface area contributed by atoms with Crippen LogP contribution in [0.1, 0.15) is 38.2 Å². The normalized spacial score (nSPS) is 17.6. The predicted octanol–water partition coefficient (Wildman–Crippen LogP) is 3.41. The molecule has 6 heteroatoms. The molecule has 114 valence electrons. The molecule has 1 saturated heterocycles. The van der Waals surface area contributed by atoms with E-state index >= 15 is 0 Å². The molecule has 4 nitrogen and oxygen atoms in total. The zero-order chi connectivity index (χ0) is 15.5. The first-order valence-corrected chi connectivity index (χ1v) is 9.00. The van der Waals surface area contributed by atoms with Gasteiger partial charge < -0.3 is 0 Å². The molecule has 0 bridgehead atoms. The summed E-state index contributed by atoms with van der Waals surface area (Å²) < 4.78 is 26.7. The molecule has 0 N–H and O–H groups in total. The van der Waals surface area contributed by atoms with E-state index in [4.69, 9.17) is 16.9 Å². The summed E-state index contributed by atoms with van der Waals surface area (Å²) in [5.41, 5.74) is 0.289. The van der Waals surface area contributed by atoms with Gasteiger partial charge in [0.15, 0.2) is 0 Å². The van der Waals surface area contributed by atoms with Crippen LogP contribution in [0.25, 0.3) is 0 Å². The van der Waals surface area contributed by atoms with E-state index in [9.17, 15) is 8.42 Å². The quantitative estimate of drug-likeness (QED) is 0.851. The highest BCUT2D eigenvalue weighted by Gasteiger charge is 2.29. The van der Waals surface area contributed by atoms with Gasteiger partial charge in [0.05, 0.1) is 15.5 Å². The fourth-order valence-electron chi connectivity index (χ4n) is 2.74. The van der Waals surface area contributed by atoms with Gasteiger partial charge in [-0.3, -0.25) is 0 Å². The number of piperidine rings is 1. The smallest absolute Gasteiger partial charge is 0.207 e. The van der Waals surface area contributed by atoms with Crippen LogP contribution in [0, 0.1) is 17.2 Å². The maximum atomic E-state index is 12.6. The maximum Gasteiger partial charge on any atom is 0.243 e. The van der Waals surface area contributed by atoms with Gasteiger partial charge in [-0.05, 0) is 37.0 Å². The number of sulfonamides is 1. The Hall–Kier alpha value is -1.09. The van der Waals surface area contributed by atoms with Crippen LogP contribution in [-0.4, -0.2) is 25.8 Å². The van der Waals surface area contributed by atoms with Gasteiger partial charge in [0.2, 0.25) is 10.0 Å². The summed E-state index contributed by atoms with van der Waals surface area (Å²) in [6, 6.07) is 6.22. The molecule has 1 aliphatic heterocycles. The summed E-state index contributed by atoms with van der Waals surface area (Å²) in [7, 11) is -3.51. The van der Waals surface area contributed by atoms with Gasteiger partial charge in [-0.15, -0.1) is 0 Å². The summed E-state index contributed by atoms with van der Waals surface area (Å²) in [6.45, 7) is 3.27. The van der Waals surface area contributed by atoms with Crippen LogP contribution in [0.2, 0.25) is 5.02 Å². The zero-order valence-corrected chi connectivity index (χ0v) is 13.6. The Kier molecular flexibility index (Phi) is 5.26. The molecular formula is C15H19ClN2O2S. The van der Waals surface area contributed by atoms with Crippen molar-refractivity contribution in [3.8, 4) is 6.07 Å². The van der Waals surface area contributed by atoms with Crippen molar-refractivity contribution in [3.63, 3.8) is 0 Å². The summed E-state index contributed by atoms with van der Waals surface area (Å²) in [6.07, 6.45) is 4.13. The number of nitriles is 1. The molecule has 0 spiro atoms. The molecule has 1 aliphatic rings. The number of rotatable bonds is 4. The molecule has 1 heterocycles. The number of halogens is 1.